The number of amides is 1. The van der Waals surface area contributed by atoms with Gasteiger partial charge in [0.05, 0.1) is 8.66 Å². The topological polar surface area (TPSA) is 20.3 Å². The first-order valence-corrected chi connectivity index (χ1v) is 6.93. The van der Waals surface area contributed by atoms with Crippen LogP contribution >= 0.6 is 27.3 Å². The average Bonchev–Trinajstić information content (AvgIpc) is 2.78. The van der Waals surface area contributed by atoms with Crippen molar-refractivity contribution in [1.82, 2.24) is 4.90 Å². The Morgan fingerprint density at radius 2 is 2.06 bits per heavy atom. The Morgan fingerprint density at radius 1 is 1.33 bits per heavy atom. The van der Waals surface area contributed by atoms with Crippen molar-refractivity contribution in [2.45, 2.75) is 6.54 Å². The molecule has 5 heteroatoms. The molecule has 0 saturated heterocycles. The van der Waals surface area contributed by atoms with Crippen molar-refractivity contribution in [3.63, 3.8) is 0 Å². The molecule has 1 aromatic carbocycles. The van der Waals surface area contributed by atoms with Crippen molar-refractivity contribution < 1.29 is 9.18 Å². The highest BCUT2D eigenvalue weighted by molar-refractivity contribution is 9.11. The van der Waals surface area contributed by atoms with Gasteiger partial charge >= 0.3 is 0 Å². The Bertz CT molecular complexity index is 570. The second kappa shape index (κ2) is 5.63. The van der Waals surface area contributed by atoms with Crippen LogP contribution in [-0.2, 0) is 6.54 Å². The zero-order valence-corrected chi connectivity index (χ0v) is 12.1. The number of carbonyl (C=O) groups is 1. The highest BCUT2D eigenvalue weighted by Gasteiger charge is 2.15. The van der Waals surface area contributed by atoms with E-state index < -0.39 is 0 Å². The Hall–Kier alpha value is -1.20. The van der Waals surface area contributed by atoms with Crippen LogP contribution in [0.1, 0.15) is 15.2 Å². The molecule has 2 nitrogen and oxygen atoms in total. The summed E-state index contributed by atoms with van der Waals surface area (Å²) in [4.78, 5) is 14.2. The average molecular weight is 328 g/mol. The normalized spacial score (nSPS) is 10.4. The SMILES string of the molecule is CN(Cc1ccccc1F)C(=O)c1ccc(Br)s1. The van der Waals surface area contributed by atoms with E-state index in [2.05, 4.69) is 15.9 Å². The maximum atomic E-state index is 13.5. The largest absolute Gasteiger partial charge is 0.337 e. The summed E-state index contributed by atoms with van der Waals surface area (Å²) in [5.74, 6) is -0.390. The van der Waals surface area contributed by atoms with Gasteiger partial charge in [-0.15, -0.1) is 11.3 Å². The molecule has 0 aliphatic heterocycles. The fourth-order valence-electron chi connectivity index (χ4n) is 1.57. The molecule has 2 aromatic rings. The summed E-state index contributed by atoms with van der Waals surface area (Å²) in [6.45, 7) is 0.265. The monoisotopic (exact) mass is 327 g/mol. The molecule has 0 unspecified atom stereocenters. The molecule has 1 heterocycles. The molecule has 0 bridgehead atoms. The number of nitrogens with zero attached hydrogens (tertiary/aromatic N) is 1. The molecule has 0 saturated carbocycles. The molecule has 18 heavy (non-hydrogen) atoms. The van der Waals surface area contributed by atoms with Gasteiger partial charge < -0.3 is 4.90 Å². The third-order valence-corrected chi connectivity index (χ3v) is 4.11. The summed E-state index contributed by atoms with van der Waals surface area (Å²) in [5.41, 5.74) is 0.518. The van der Waals surface area contributed by atoms with E-state index in [0.29, 0.717) is 10.4 Å². The summed E-state index contributed by atoms with van der Waals surface area (Å²) in [7, 11) is 1.67. The third-order valence-electron chi connectivity index (χ3n) is 2.50. The molecule has 0 N–H and O–H groups in total. The number of rotatable bonds is 3. The summed E-state index contributed by atoms with van der Waals surface area (Å²) >= 11 is 4.69. The van der Waals surface area contributed by atoms with Gasteiger partial charge in [-0.25, -0.2) is 4.39 Å². The first-order chi connectivity index (χ1) is 8.58. The van der Waals surface area contributed by atoms with Crippen molar-refractivity contribution in [3.8, 4) is 0 Å². The van der Waals surface area contributed by atoms with Gasteiger partial charge in [0.1, 0.15) is 5.82 Å². The second-order valence-electron chi connectivity index (χ2n) is 3.86. The molecular formula is C13H11BrFNOS. The molecule has 0 fully saturated rings. The van der Waals surface area contributed by atoms with E-state index >= 15 is 0 Å². The highest BCUT2D eigenvalue weighted by atomic mass is 79.9. The van der Waals surface area contributed by atoms with E-state index in [9.17, 15) is 9.18 Å². The van der Waals surface area contributed by atoms with Crippen molar-refractivity contribution in [3.05, 3.63) is 56.4 Å². The van der Waals surface area contributed by atoms with Gasteiger partial charge in [0.15, 0.2) is 0 Å². The minimum atomic E-state index is -0.287. The predicted molar refractivity (Wildman–Crippen MR) is 74.2 cm³/mol. The highest BCUT2D eigenvalue weighted by Crippen LogP contribution is 2.23. The summed E-state index contributed by atoms with van der Waals surface area (Å²) in [5, 5.41) is 0. The van der Waals surface area contributed by atoms with Crippen LogP contribution in [0.3, 0.4) is 0 Å². The Morgan fingerprint density at radius 3 is 2.67 bits per heavy atom. The van der Waals surface area contributed by atoms with Gasteiger partial charge in [-0.05, 0) is 34.1 Å². The quantitative estimate of drug-likeness (QED) is 0.836. The van der Waals surface area contributed by atoms with Gasteiger partial charge in [-0.2, -0.15) is 0 Å². The lowest BCUT2D eigenvalue weighted by Gasteiger charge is -2.16. The van der Waals surface area contributed by atoms with Crippen molar-refractivity contribution >= 4 is 33.2 Å². The number of carbonyl (C=O) groups excluding carboxylic acids is 1. The van der Waals surface area contributed by atoms with Crippen molar-refractivity contribution in [2.24, 2.45) is 0 Å². The van der Waals surface area contributed by atoms with Gasteiger partial charge in [-0.3, -0.25) is 4.79 Å². The molecule has 1 amide bonds. The first-order valence-electron chi connectivity index (χ1n) is 5.32. The maximum absolute atomic E-state index is 13.5. The van der Waals surface area contributed by atoms with E-state index in [0.717, 1.165) is 3.79 Å². The molecule has 2 rings (SSSR count). The molecular weight excluding hydrogens is 317 g/mol. The lowest BCUT2D eigenvalue weighted by molar-refractivity contribution is 0.0788. The van der Waals surface area contributed by atoms with E-state index in [1.165, 1.54) is 22.3 Å². The fraction of sp³-hybridized carbons (Fsp3) is 0.154. The number of halogens is 2. The van der Waals surface area contributed by atoms with Gasteiger partial charge in [0.25, 0.3) is 5.91 Å². The van der Waals surface area contributed by atoms with Crippen LogP contribution in [0.4, 0.5) is 4.39 Å². The fourth-order valence-corrected chi connectivity index (χ4v) is 2.95. The Kier molecular flexibility index (Phi) is 4.14. The van der Waals surface area contributed by atoms with Crippen LogP contribution in [-0.4, -0.2) is 17.9 Å². The van der Waals surface area contributed by atoms with Crippen LogP contribution in [0.2, 0.25) is 0 Å². The molecule has 94 valence electrons. The van der Waals surface area contributed by atoms with Crippen LogP contribution in [0.5, 0.6) is 0 Å². The number of hydrogen-bond acceptors (Lipinski definition) is 2. The van der Waals surface area contributed by atoms with Crippen LogP contribution in [0, 0.1) is 5.82 Å². The van der Waals surface area contributed by atoms with Gasteiger partial charge in [0, 0.05) is 19.2 Å². The van der Waals surface area contributed by atoms with Crippen molar-refractivity contribution in [1.29, 1.82) is 0 Å². The standard InChI is InChI=1S/C13H11BrFNOS/c1-16(8-9-4-2-3-5-10(9)15)13(17)11-6-7-12(14)18-11/h2-7H,8H2,1H3. The first kappa shape index (κ1) is 13.2. The lowest BCUT2D eigenvalue weighted by atomic mass is 10.2. The summed E-state index contributed by atoms with van der Waals surface area (Å²) < 4.78 is 14.4. The van der Waals surface area contributed by atoms with Gasteiger partial charge in [-0.1, -0.05) is 18.2 Å². The second-order valence-corrected chi connectivity index (χ2v) is 6.32. The molecule has 0 spiro atoms. The molecule has 0 aliphatic rings. The van der Waals surface area contributed by atoms with Crippen LogP contribution < -0.4 is 0 Å². The number of benzene rings is 1. The zero-order valence-electron chi connectivity index (χ0n) is 9.69. The van der Waals surface area contributed by atoms with Crippen molar-refractivity contribution in [2.75, 3.05) is 7.05 Å². The summed E-state index contributed by atoms with van der Waals surface area (Å²) in [6.07, 6.45) is 0. The third kappa shape index (κ3) is 2.97. The van der Waals surface area contributed by atoms with Gasteiger partial charge in [0.2, 0.25) is 0 Å². The number of thiophene rings is 1. The Labute approximate surface area is 117 Å². The lowest BCUT2D eigenvalue weighted by Crippen LogP contribution is -2.25. The predicted octanol–water partition coefficient (Wildman–Crippen LogP) is 3.92. The molecule has 0 radical (unpaired) electrons. The minimum Gasteiger partial charge on any atom is -0.337 e. The van der Waals surface area contributed by atoms with E-state index in [4.69, 9.17) is 0 Å². The number of hydrogen-bond donors (Lipinski definition) is 0. The molecule has 0 atom stereocenters. The zero-order chi connectivity index (χ0) is 13.1. The van der Waals surface area contributed by atoms with E-state index in [-0.39, 0.29) is 18.3 Å². The molecule has 1 aromatic heterocycles. The van der Waals surface area contributed by atoms with Crippen LogP contribution in [0.25, 0.3) is 0 Å². The van der Waals surface area contributed by atoms with E-state index in [1.54, 1.807) is 31.3 Å². The smallest absolute Gasteiger partial charge is 0.264 e. The summed E-state index contributed by atoms with van der Waals surface area (Å²) in [6, 6.07) is 10.1. The van der Waals surface area contributed by atoms with E-state index in [1.807, 2.05) is 6.07 Å². The maximum Gasteiger partial charge on any atom is 0.264 e. The van der Waals surface area contributed by atoms with Crippen LogP contribution in [0.15, 0.2) is 40.2 Å². The molecule has 0 aliphatic carbocycles. The Balaban J connectivity index is 2.11. The minimum absolute atomic E-state index is 0.103.